The van der Waals surface area contributed by atoms with Crippen LogP contribution >= 0.6 is 11.6 Å². The molecule has 0 radical (unpaired) electrons. The van der Waals surface area contributed by atoms with E-state index in [1.165, 1.54) is 6.07 Å². The Morgan fingerprint density at radius 1 is 1.18 bits per heavy atom. The van der Waals surface area contributed by atoms with E-state index in [2.05, 4.69) is 5.10 Å². The van der Waals surface area contributed by atoms with Gasteiger partial charge in [-0.3, -0.25) is 5.10 Å². The smallest absolute Gasteiger partial charge is 0.273 e. The van der Waals surface area contributed by atoms with E-state index in [0.29, 0.717) is 0 Å². The highest BCUT2D eigenvalue weighted by Crippen LogP contribution is 2.32. The van der Waals surface area contributed by atoms with Crippen LogP contribution in [0.2, 0.25) is 5.02 Å². The van der Waals surface area contributed by atoms with Gasteiger partial charge >= 0.3 is 6.18 Å². The fourth-order valence-electron chi connectivity index (χ4n) is 1.30. The molecule has 1 heterocycles. The van der Waals surface area contributed by atoms with Crippen molar-refractivity contribution in [2.45, 2.75) is 6.18 Å². The molecule has 0 aliphatic rings. The monoisotopic (exact) mass is 264 g/mol. The lowest BCUT2D eigenvalue weighted by Gasteiger charge is -2.01. The van der Waals surface area contributed by atoms with E-state index in [1.54, 1.807) is 0 Å². The lowest BCUT2D eigenvalue weighted by molar-refractivity contribution is -0.141. The van der Waals surface area contributed by atoms with Crippen LogP contribution in [0.3, 0.4) is 0 Å². The second-order valence-corrected chi connectivity index (χ2v) is 3.70. The number of hydrogen-bond acceptors (Lipinski definition) is 1. The second kappa shape index (κ2) is 4.03. The third-order valence-corrected chi connectivity index (χ3v) is 2.40. The number of H-pyrrole nitrogens is 1. The lowest BCUT2D eigenvalue weighted by Crippen LogP contribution is -2.04. The molecule has 2 aromatic rings. The molecule has 1 aromatic carbocycles. The van der Waals surface area contributed by atoms with E-state index in [1.807, 2.05) is 5.10 Å². The third kappa shape index (κ3) is 2.41. The van der Waals surface area contributed by atoms with E-state index < -0.39 is 17.7 Å². The summed E-state index contributed by atoms with van der Waals surface area (Å²) in [6, 6.07) is 4.20. The molecule has 7 heteroatoms. The molecule has 0 bridgehead atoms. The van der Waals surface area contributed by atoms with Crippen LogP contribution in [0.25, 0.3) is 11.3 Å². The molecule has 0 spiro atoms. The molecular formula is C10H5ClF4N2. The first-order valence-corrected chi connectivity index (χ1v) is 4.84. The van der Waals surface area contributed by atoms with Crippen LogP contribution in [0, 0.1) is 5.82 Å². The Hall–Kier alpha value is -1.56. The number of rotatable bonds is 1. The molecule has 0 fully saturated rings. The van der Waals surface area contributed by atoms with Gasteiger partial charge in [-0.15, -0.1) is 0 Å². The summed E-state index contributed by atoms with van der Waals surface area (Å²) in [4.78, 5) is 0. The molecule has 0 saturated heterocycles. The van der Waals surface area contributed by atoms with Crippen molar-refractivity contribution in [1.29, 1.82) is 0 Å². The summed E-state index contributed by atoms with van der Waals surface area (Å²) in [5.41, 5.74) is -0.727. The number of aromatic amines is 1. The van der Waals surface area contributed by atoms with Crippen LogP contribution in [-0.4, -0.2) is 10.2 Å². The number of halogens is 5. The molecule has 17 heavy (non-hydrogen) atoms. The molecule has 0 unspecified atom stereocenters. The Labute approximate surface area is 98.2 Å². The number of hydrogen-bond donors (Lipinski definition) is 1. The van der Waals surface area contributed by atoms with Gasteiger partial charge in [0.1, 0.15) is 11.5 Å². The number of aromatic nitrogens is 2. The molecule has 0 saturated carbocycles. The van der Waals surface area contributed by atoms with Crippen molar-refractivity contribution in [2.24, 2.45) is 0 Å². The van der Waals surface area contributed by atoms with Crippen molar-refractivity contribution >= 4 is 11.6 Å². The van der Waals surface area contributed by atoms with Gasteiger partial charge in [0, 0.05) is 5.56 Å². The molecule has 0 aliphatic heterocycles. The Balaban J connectivity index is 2.44. The topological polar surface area (TPSA) is 28.7 Å². The number of alkyl halides is 3. The summed E-state index contributed by atoms with van der Waals surface area (Å²) in [7, 11) is 0. The van der Waals surface area contributed by atoms with Gasteiger partial charge in [-0.2, -0.15) is 18.3 Å². The Bertz CT molecular complexity index is 547. The van der Waals surface area contributed by atoms with E-state index in [0.717, 1.165) is 18.2 Å². The molecule has 2 rings (SSSR count). The zero-order valence-corrected chi connectivity index (χ0v) is 8.90. The van der Waals surface area contributed by atoms with Crippen molar-refractivity contribution in [2.75, 3.05) is 0 Å². The molecule has 1 aromatic heterocycles. The summed E-state index contributed by atoms with van der Waals surface area (Å²) >= 11 is 5.71. The van der Waals surface area contributed by atoms with Gasteiger partial charge in [0.15, 0.2) is 0 Å². The van der Waals surface area contributed by atoms with E-state index in [4.69, 9.17) is 11.6 Å². The zero-order chi connectivity index (χ0) is 12.6. The van der Waals surface area contributed by atoms with E-state index in [9.17, 15) is 17.6 Å². The van der Waals surface area contributed by atoms with Crippen LogP contribution in [0.15, 0.2) is 24.3 Å². The normalized spacial score (nSPS) is 11.8. The summed E-state index contributed by atoms with van der Waals surface area (Å²) in [5, 5.41) is 5.35. The van der Waals surface area contributed by atoms with Crippen LogP contribution in [0.5, 0.6) is 0 Å². The van der Waals surface area contributed by atoms with Gasteiger partial charge in [0.2, 0.25) is 0 Å². The van der Waals surface area contributed by atoms with Gasteiger partial charge in [-0.1, -0.05) is 11.6 Å². The SMILES string of the molecule is Fc1ccc(-c2cc(C(F)(F)F)[nH]n2)c(Cl)c1. The average Bonchev–Trinajstić information content (AvgIpc) is 2.65. The molecule has 0 atom stereocenters. The third-order valence-electron chi connectivity index (χ3n) is 2.09. The highest BCUT2D eigenvalue weighted by molar-refractivity contribution is 6.33. The van der Waals surface area contributed by atoms with E-state index >= 15 is 0 Å². The molecule has 1 N–H and O–H groups in total. The minimum absolute atomic E-state index is 0.00484. The maximum atomic E-state index is 12.8. The largest absolute Gasteiger partial charge is 0.432 e. The fraction of sp³-hybridized carbons (Fsp3) is 0.100. The summed E-state index contributed by atoms with van der Waals surface area (Å²) in [5.74, 6) is -0.565. The number of benzene rings is 1. The summed E-state index contributed by atoms with van der Waals surface area (Å²) < 4.78 is 49.7. The summed E-state index contributed by atoms with van der Waals surface area (Å²) in [6.07, 6.45) is -4.50. The maximum absolute atomic E-state index is 12.8. The average molecular weight is 265 g/mol. The molecular weight excluding hydrogens is 260 g/mol. The standard InChI is InChI=1S/C10H5ClF4N2/c11-7-3-5(12)1-2-6(7)8-4-9(17-16-8)10(13,14)15/h1-4H,(H,16,17). The van der Waals surface area contributed by atoms with Gasteiger partial charge in [-0.25, -0.2) is 4.39 Å². The van der Waals surface area contributed by atoms with Crippen molar-refractivity contribution < 1.29 is 17.6 Å². The molecule has 0 amide bonds. The van der Waals surface area contributed by atoms with Gasteiger partial charge in [-0.05, 0) is 24.3 Å². The van der Waals surface area contributed by atoms with Crippen LogP contribution < -0.4 is 0 Å². The van der Waals surface area contributed by atoms with E-state index in [-0.39, 0.29) is 16.3 Å². The highest BCUT2D eigenvalue weighted by Gasteiger charge is 2.33. The first-order valence-electron chi connectivity index (χ1n) is 4.46. The van der Waals surface area contributed by atoms with Crippen LogP contribution in [-0.2, 0) is 6.18 Å². The highest BCUT2D eigenvalue weighted by atomic mass is 35.5. The fourth-order valence-corrected chi connectivity index (χ4v) is 1.57. The zero-order valence-electron chi connectivity index (χ0n) is 8.15. The molecule has 2 nitrogen and oxygen atoms in total. The number of nitrogens with zero attached hydrogens (tertiary/aromatic N) is 1. The first-order chi connectivity index (χ1) is 7.88. The molecule has 90 valence electrons. The Morgan fingerprint density at radius 2 is 1.88 bits per heavy atom. The predicted octanol–water partition coefficient (Wildman–Crippen LogP) is 3.89. The quantitative estimate of drug-likeness (QED) is 0.778. The van der Waals surface area contributed by atoms with Gasteiger partial charge in [0.05, 0.1) is 10.7 Å². The van der Waals surface area contributed by atoms with Crippen LogP contribution in [0.1, 0.15) is 5.69 Å². The minimum Gasteiger partial charge on any atom is -0.273 e. The van der Waals surface area contributed by atoms with Gasteiger partial charge in [0.25, 0.3) is 0 Å². The number of nitrogens with one attached hydrogen (secondary N) is 1. The minimum atomic E-state index is -4.50. The lowest BCUT2D eigenvalue weighted by atomic mass is 10.1. The first kappa shape index (κ1) is 11.9. The van der Waals surface area contributed by atoms with Gasteiger partial charge < -0.3 is 0 Å². The van der Waals surface area contributed by atoms with Crippen molar-refractivity contribution in [1.82, 2.24) is 10.2 Å². The van der Waals surface area contributed by atoms with Crippen molar-refractivity contribution in [3.63, 3.8) is 0 Å². The van der Waals surface area contributed by atoms with Crippen molar-refractivity contribution in [3.05, 3.63) is 40.8 Å². The Kier molecular flexibility index (Phi) is 2.82. The maximum Gasteiger partial charge on any atom is 0.432 e. The van der Waals surface area contributed by atoms with Crippen LogP contribution in [0.4, 0.5) is 17.6 Å². The summed E-state index contributed by atoms with van der Waals surface area (Å²) in [6.45, 7) is 0. The Morgan fingerprint density at radius 3 is 2.41 bits per heavy atom. The van der Waals surface area contributed by atoms with Crippen molar-refractivity contribution in [3.8, 4) is 11.3 Å². The predicted molar refractivity (Wildman–Crippen MR) is 54.0 cm³/mol. The molecule has 0 aliphatic carbocycles. The second-order valence-electron chi connectivity index (χ2n) is 3.29.